The zero-order chi connectivity index (χ0) is 12.3. The molecule has 0 N–H and O–H groups in total. The van der Waals surface area contributed by atoms with Gasteiger partial charge in [0.25, 0.3) is 0 Å². The van der Waals surface area contributed by atoms with Crippen LogP contribution in [0.15, 0.2) is 22.7 Å². The van der Waals surface area contributed by atoms with Gasteiger partial charge in [-0.15, -0.1) is 0 Å². The standard InChI is InChI=1S/C16H18BrCl/c17-14-4-13(5-15(18)6-14)16-7-10-1-11(8-16)3-12(2-10)9-16/h4-6,10-12H,1-3,7-9H2. The molecule has 4 aliphatic carbocycles. The molecule has 4 saturated carbocycles. The summed E-state index contributed by atoms with van der Waals surface area (Å²) in [6.07, 6.45) is 8.73. The van der Waals surface area contributed by atoms with Gasteiger partial charge in [-0.1, -0.05) is 27.5 Å². The van der Waals surface area contributed by atoms with Crippen molar-refractivity contribution in [2.75, 3.05) is 0 Å². The van der Waals surface area contributed by atoms with E-state index in [1.54, 1.807) is 0 Å². The van der Waals surface area contributed by atoms with Crippen molar-refractivity contribution >= 4 is 27.5 Å². The molecule has 0 radical (unpaired) electrons. The summed E-state index contributed by atoms with van der Waals surface area (Å²) in [5, 5.41) is 0.884. The largest absolute Gasteiger partial charge is 0.0843 e. The first-order valence-corrected chi connectivity index (χ1v) is 8.27. The average molecular weight is 326 g/mol. The lowest BCUT2D eigenvalue weighted by atomic mass is 9.48. The lowest BCUT2D eigenvalue weighted by molar-refractivity contribution is -0.00521. The van der Waals surface area contributed by atoms with Gasteiger partial charge in [0.2, 0.25) is 0 Å². The van der Waals surface area contributed by atoms with Crippen LogP contribution >= 0.6 is 27.5 Å². The zero-order valence-electron chi connectivity index (χ0n) is 10.5. The minimum Gasteiger partial charge on any atom is -0.0843 e. The predicted molar refractivity (Wildman–Crippen MR) is 79.0 cm³/mol. The number of benzene rings is 1. The van der Waals surface area contributed by atoms with E-state index in [1.165, 1.54) is 44.1 Å². The third-order valence-corrected chi connectivity index (χ3v) is 6.19. The van der Waals surface area contributed by atoms with Crippen LogP contribution in [0, 0.1) is 17.8 Å². The van der Waals surface area contributed by atoms with Gasteiger partial charge >= 0.3 is 0 Å². The molecule has 2 heteroatoms. The van der Waals surface area contributed by atoms with Gasteiger partial charge in [0.05, 0.1) is 0 Å². The molecule has 0 aromatic heterocycles. The van der Waals surface area contributed by atoms with Crippen LogP contribution in [0.3, 0.4) is 0 Å². The van der Waals surface area contributed by atoms with Gasteiger partial charge in [-0.05, 0) is 85.5 Å². The molecule has 96 valence electrons. The number of hydrogen-bond acceptors (Lipinski definition) is 0. The summed E-state index contributed by atoms with van der Waals surface area (Å²) in [7, 11) is 0. The molecular formula is C16H18BrCl. The van der Waals surface area contributed by atoms with E-state index in [4.69, 9.17) is 11.6 Å². The Morgan fingerprint density at radius 2 is 1.50 bits per heavy atom. The van der Waals surface area contributed by atoms with Gasteiger partial charge < -0.3 is 0 Å². The molecule has 5 rings (SSSR count). The number of rotatable bonds is 1. The van der Waals surface area contributed by atoms with Crippen LogP contribution < -0.4 is 0 Å². The maximum atomic E-state index is 6.26. The minimum atomic E-state index is 0.460. The van der Waals surface area contributed by atoms with Crippen LogP contribution in [0.25, 0.3) is 0 Å². The highest BCUT2D eigenvalue weighted by Crippen LogP contribution is 2.60. The number of halogens is 2. The van der Waals surface area contributed by atoms with E-state index in [-0.39, 0.29) is 0 Å². The second kappa shape index (κ2) is 3.99. The summed E-state index contributed by atoms with van der Waals surface area (Å²) in [5.74, 6) is 2.98. The van der Waals surface area contributed by atoms with E-state index in [2.05, 4.69) is 28.1 Å². The van der Waals surface area contributed by atoms with Crippen molar-refractivity contribution in [1.82, 2.24) is 0 Å². The van der Waals surface area contributed by atoms with Crippen molar-refractivity contribution < 1.29 is 0 Å². The Morgan fingerprint density at radius 1 is 0.944 bits per heavy atom. The molecule has 4 aliphatic rings. The lowest BCUT2D eigenvalue weighted by Crippen LogP contribution is -2.48. The van der Waals surface area contributed by atoms with Crippen LogP contribution in [0.2, 0.25) is 5.02 Å². The molecule has 1 aromatic carbocycles. The SMILES string of the molecule is Clc1cc(Br)cc(C23CC4CC(CC(C4)C2)C3)c1. The van der Waals surface area contributed by atoms with E-state index in [1.807, 2.05) is 6.07 Å². The Morgan fingerprint density at radius 3 is 2.00 bits per heavy atom. The van der Waals surface area contributed by atoms with Crippen LogP contribution in [0.1, 0.15) is 44.1 Å². The van der Waals surface area contributed by atoms with Gasteiger partial charge in [0, 0.05) is 9.50 Å². The van der Waals surface area contributed by atoms with Gasteiger partial charge in [-0.25, -0.2) is 0 Å². The smallest absolute Gasteiger partial charge is 0.0420 e. The Balaban J connectivity index is 1.79. The molecule has 1 aromatic rings. The Labute approximate surface area is 122 Å². The first-order chi connectivity index (χ1) is 8.63. The average Bonchev–Trinajstić information content (AvgIpc) is 2.25. The van der Waals surface area contributed by atoms with Crippen molar-refractivity contribution in [3.63, 3.8) is 0 Å². The molecular weight excluding hydrogens is 308 g/mol. The predicted octanol–water partition coefficient (Wildman–Crippen LogP) is 5.57. The van der Waals surface area contributed by atoms with Crippen LogP contribution in [0.5, 0.6) is 0 Å². The third-order valence-electron chi connectivity index (χ3n) is 5.51. The van der Waals surface area contributed by atoms with Gasteiger partial charge in [-0.2, -0.15) is 0 Å². The molecule has 0 atom stereocenters. The van der Waals surface area contributed by atoms with E-state index in [0.717, 1.165) is 27.2 Å². The van der Waals surface area contributed by atoms with Crippen molar-refractivity contribution in [3.8, 4) is 0 Å². The highest BCUT2D eigenvalue weighted by Gasteiger charge is 2.51. The minimum absolute atomic E-state index is 0.460. The van der Waals surface area contributed by atoms with E-state index in [0.29, 0.717) is 5.41 Å². The quantitative estimate of drug-likeness (QED) is 0.633. The summed E-state index contributed by atoms with van der Waals surface area (Å²) in [6, 6.07) is 6.55. The van der Waals surface area contributed by atoms with E-state index in [9.17, 15) is 0 Å². The summed E-state index contributed by atoms with van der Waals surface area (Å²) >= 11 is 9.87. The first-order valence-electron chi connectivity index (χ1n) is 7.09. The second-order valence-corrected chi connectivity index (χ2v) is 8.21. The highest BCUT2D eigenvalue weighted by molar-refractivity contribution is 9.10. The summed E-state index contributed by atoms with van der Waals surface area (Å²) in [5.41, 5.74) is 1.96. The zero-order valence-corrected chi connectivity index (χ0v) is 12.8. The van der Waals surface area contributed by atoms with Crippen LogP contribution in [-0.2, 0) is 5.41 Å². The van der Waals surface area contributed by atoms with Gasteiger partial charge in [0.15, 0.2) is 0 Å². The molecule has 0 spiro atoms. The third kappa shape index (κ3) is 1.78. The Hall–Kier alpha value is -0.0100. The maximum absolute atomic E-state index is 6.26. The molecule has 0 aliphatic heterocycles. The summed E-state index contributed by atoms with van der Waals surface area (Å²) in [6.45, 7) is 0. The van der Waals surface area contributed by atoms with Gasteiger partial charge in [-0.3, -0.25) is 0 Å². The van der Waals surface area contributed by atoms with Crippen LogP contribution in [0.4, 0.5) is 0 Å². The highest BCUT2D eigenvalue weighted by atomic mass is 79.9. The number of hydrogen-bond donors (Lipinski definition) is 0. The monoisotopic (exact) mass is 324 g/mol. The van der Waals surface area contributed by atoms with E-state index < -0.39 is 0 Å². The molecule has 4 bridgehead atoms. The lowest BCUT2D eigenvalue weighted by Gasteiger charge is -2.57. The maximum Gasteiger partial charge on any atom is 0.0420 e. The molecule has 0 unspecified atom stereocenters. The second-order valence-electron chi connectivity index (χ2n) is 6.86. The fourth-order valence-corrected chi connectivity index (χ4v) is 6.18. The fourth-order valence-electron chi connectivity index (χ4n) is 5.32. The van der Waals surface area contributed by atoms with Crippen LogP contribution in [-0.4, -0.2) is 0 Å². The molecule has 0 saturated heterocycles. The molecule has 18 heavy (non-hydrogen) atoms. The normalized spacial score (nSPS) is 41.3. The van der Waals surface area contributed by atoms with Crippen molar-refractivity contribution in [2.24, 2.45) is 17.8 Å². The van der Waals surface area contributed by atoms with E-state index >= 15 is 0 Å². The fraction of sp³-hybridized carbons (Fsp3) is 0.625. The Bertz CT molecular complexity index is 438. The van der Waals surface area contributed by atoms with Crippen molar-refractivity contribution in [1.29, 1.82) is 0 Å². The topological polar surface area (TPSA) is 0 Å². The molecule has 4 fully saturated rings. The molecule has 0 amide bonds. The first kappa shape index (κ1) is 11.8. The van der Waals surface area contributed by atoms with Crippen molar-refractivity contribution in [3.05, 3.63) is 33.3 Å². The molecule has 0 nitrogen and oxygen atoms in total. The summed E-state index contributed by atoms with van der Waals surface area (Å²) < 4.78 is 1.14. The van der Waals surface area contributed by atoms with Gasteiger partial charge in [0.1, 0.15) is 0 Å². The summed E-state index contributed by atoms with van der Waals surface area (Å²) in [4.78, 5) is 0. The van der Waals surface area contributed by atoms with Crippen molar-refractivity contribution in [2.45, 2.75) is 43.9 Å². The Kier molecular flexibility index (Phi) is 2.61. The molecule has 0 heterocycles.